The number of hydrogen-bond acceptors (Lipinski definition) is 2. The van der Waals surface area contributed by atoms with Gasteiger partial charge >= 0.3 is 6.18 Å². The van der Waals surface area contributed by atoms with Gasteiger partial charge in [-0.25, -0.2) is 0 Å². The predicted octanol–water partition coefficient (Wildman–Crippen LogP) is 3.58. The van der Waals surface area contributed by atoms with Crippen LogP contribution in [0.15, 0.2) is 18.2 Å². The second kappa shape index (κ2) is 6.36. The predicted molar refractivity (Wildman–Crippen MR) is 78.3 cm³/mol. The van der Waals surface area contributed by atoms with Crippen molar-refractivity contribution >= 4 is 0 Å². The van der Waals surface area contributed by atoms with Gasteiger partial charge in [0, 0.05) is 32.7 Å². The monoisotopic (exact) mass is 300 g/mol. The second-order valence-electron chi connectivity index (χ2n) is 6.15. The Labute approximate surface area is 124 Å². The maximum Gasteiger partial charge on any atom is 0.416 e. The van der Waals surface area contributed by atoms with Crippen molar-refractivity contribution < 1.29 is 13.2 Å². The molecule has 1 heterocycles. The van der Waals surface area contributed by atoms with Crippen molar-refractivity contribution in [1.29, 1.82) is 0 Å². The summed E-state index contributed by atoms with van der Waals surface area (Å²) in [4.78, 5) is 4.29. The lowest BCUT2D eigenvalue weighted by molar-refractivity contribution is -0.138. The van der Waals surface area contributed by atoms with Crippen LogP contribution in [0.2, 0.25) is 0 Å². The van der Waals surface area contributed by atoms with Crippen LogP contribution in [-0.2, 0) is 12.7 Å². The average Bonchev–Trinajstić information content (AvgIpc) is 2.40. The van der Waals surface area contributed by atoms with E-state index in [0.717, 1.165) is 31.7 Å². The highest BCUT2D eigenvalue weighted by Crippen LogP contribution is 2.34. The van der Waals surface area contributed by atoms with E-state index in [1.165, 1.54) is 6.07 Å². The number of nitrogens with zero attached hydrogens (tertiary/aromatic N) is 2. The molecule has 0 spiro atoms. The van der Waals surface area contributed by atoms with Gasteiger partial charge in [-0.05, 0) is 30.2 Å². The maximum absolute atomic E-state index is 13.3. The molecule has 0 radical (unpaired) electrons. The molecule has 1 aromatic rings. The Morgan fingerprint density at radius 1 is 1.10 bits per heavy atom. The summed E-state index contributed by atoms with van der Waals surface area (Å²) in [6.45, 7) is 7.66. The Morgan fingerprint density at radius 3 is 2.24 bits per heavy atom. The number of halogens is 3. The van der Waals surface area contributed by atoms with Crippen molar-refractivity contribution in [2.75, 3.05) is 33.2 Å². The molecule has 0 bridgehead atoms. The molecule has 0 saturated carbocycles. The van der Waals surface area contributed by atoms with E-state index in [1.807, 2.05) is 27.0 Å². The van der Waals surface area contributed by atoms with Gasteiger partial charge in [0.05, 0.1) is 5.56 Å². The molecule has 0 aromatic heterocycles. The van der Waals surface area contributed by atoms with E-state index in [1.54, 1.807) is 6.07 Å². The largest absolute Gasteiger partial charge is 0.416 e. The van der Waals surface area contributed by atoms with Gasteiger partial charge in [0.2, 0.25) is 0 Å². The normalized spacial score (nSPS) is 18.4. The topological polar surface area (TPSA) is 6.48 Å². The molecule has 118 valence electrons. The summed E-state index contributed by atoms with van der Waals surface area (Å²) in [7, 11) is 2.04. The summed E-state index contributed by atoms with van der Waals surface area (Å²) >= 11 is 0. The summed E-state index contributed by atoms with van der Waals surface area (Å²) < 4.78 is 39.8. The van der Waals surface area contributed by atoms with Crippen molar-refractivity contribution in [2.24, 2.45) is 0 Å². The Hall–Kier alpha value is -1.07. The lowest BCUT2D eigenvalue weighted by Gasteiger charge is -2.33. The minimum Gasteiger partial charge on any atom is -0.304 e. The minimum absolute atomic E-state index is 0.101. The number of alkyl halides is 3. The van der Waals surface area contributed by atoms with Crippen LogP contribution in [0, 0.1) is 0 Å². The number of likely N-dealkylation sites (N-methyl/N-ethyl adjacent to an activating group) is 1. The highest BCUT2D eigenvalue weighted by molar-refractivity contribution is 5.35. The average molecular weight is 300 g/mol. The maximum atomic E-state index is 13.3. The molecular weight excluding hydrogens is 277 g/mol. The molecule has 2 nitrogen and oxygen atoms in total. The summed E-state index contributed by atoms with van der Waals surface area (Å²) in [5.41, 5.74) is 0.647. The molecule has 21 heavy (non-hydrogen) atoms. The van der Waals surface area contributed by atoms with Crippen LogP contribution in [0.1, 0.15) is 36.5 Å². The Balaban J connectivity index is 2.22. The SMILES string of the molecule is CC(C)c1ccc(CN2CCN(C)CC2)c(C(F)(F)F)c1. The van der Waals surface area contributed by atoms with Crippen LogP contribution < -0.4 is 0 Å². The van der Waals surface area contributed by atoms with E-state index in [-0.39, 0.29) is 5.92 Å². The smallest absolute Gasteiger partial charge is 0.304 e. The van der Waals surface area contributed by atoms with E-state index >= 15 is 0 Å². The van der Waals surface area contributed by atoms with Gasteiger partial charge < -0.3 is 4.90 Å². The minimum atomic E-state index is -4.28. The molecule has 2 rings (SSSR count). The summed E-state index contributed by atoms with van der Waals surface area (Å²) in [5, 5.41) is 0. The fourth-order valence-corrected chi connectivity index (χ4v) is 2.60. The van der Waals surface area contributed by atoms with Crippen molar-refractivity contribution in [2.45, 2.75) is 32.5 Å². The summed E-state index contributed by atoms with van der Waals surface area (Å²) in [6, 6.07) is 4.79. The molecule has 1 aliphatic rings. The van der Waals surface area contributed by atoms with E-state index in [0.29, 0.717) is 12.1 Å². The van der Waals surface area contributed by atoms with Gasteiger partial charge in [-0.1, -0.05) is 26.0 Å². The van der Waals surface area contributed by atoms with Gasteiger partial charge in [0.25, 0.3) is 0 Å². The second-order valence-corrected chi connectivity index (χ2v) is 6.15. The van der Waals surface area contributed by atoms with Gasteiger partial charge in [0.15, 0.2) is 0 Å². The van der Waals surface area contributed by atoms with Gasteiger partial charge in [0.1, 0.15) is 0 Å². The lowest BCUT2D eigenvalue weighted by Crippen LogP contribution is -2.44. The fourth-order valence-electron chi connectivity index (χ4n) is 2.60. The van der Waals surface area contributed by atoms with Crippen molar-refractivity contribution in [3.63, 3.8) is 0 Å². The van der Waals surface area contributed by atoms with Crippen molar-refractivity contribution in [1.82, 2.24) is 9.80 Å². The molecule has 0 aliphatic carbocycles. The van der Waals surface area contributed by atoms with E-state index in [4.69, 9.17) is 0 Å². The number of rotatable bonds is 3. The van der Waals surface area contributed by atoms with E-state index in [9.17, 15) is 13.2 Å². The first kappa shape index (κ1) is 16.3. The van der Waals surface area contributed by atoms with Crippen LogP contribution in [0.5, 0.6) is 0 Å². The molecule has 1 aliphatic heterocycles. The third-order valence-electron chi connectivity index (χ3n) is 4.10. The quantitative estimate of drug-likeness (QED) is 0.842. The molecular formula is C16H23F3N2. The molecule has 5 heteroatoms. The standard InChI is InChI=1S/C16H23F3N2/c1-12(2)13-4-5-14(15(10-13)16(17,18)19)11-21-8-6-20(3)7-9-21/h4-5,10,12H,6-9,11H2,1-3H3. The Kier molecular flexibility index (Phi) is 4.94. The molecule has 1 fully saturated rings. The summed E-state index contributed by atoms with van der Waals surface area (Å²) in [6.07, 6.45) is -4.28. The molecule has 0 amide bonds. The highest BCUT2D eigenvalue weighted by Gasteiger charge is 2.34. The van der Waals surface area contributed by atoms with Crippen LogP contribution >= 0.6 is 0 Å². The first-order valence-corrected chi connectivity index (χ1v) is 7.38. The molecule has 1 aromatic carbocycles. The highest BCUT2D eigenvalue weighted by atomic mass is 19.4. The molecule has 1 saturated heterocycles. The van der Waals surface area contributed by atoms with Crippen molar-refractivity contribution in [3.05, 3.63) is 34.9 Å². The zero-order valence-corrected chi connectivity index (χ0v) is 12.9. The molecule has 0 atom stereocenters. The molecule has 0 unspecified atom stereocenters. The zero-order chi connectivity index (χ0) is 15.6. The van der Waals surface area contributed by atoms with Gasteiger partial charge in [-0.15, -0.1) is 0 Å². The van der Waals surface area contributed by atoms with Crippen molar-refractivity contribution in [3.8, 4) is 0 Å². The van der Waals surface area contributed by atoms with Gasteiger partial charge in [-0.3, -0.25) is 4.90 Å². The Bertz CT molecular complexity index is 475. The fraction of sp³-hybridized carbons (Fsp3) is 0.625. The van der Waals surface area contributed by atoms with Crippen LogP contribution in [0.3, 0.4) is 0 Å². The Morgan fingerprint density at radius 2 is 1.71 bits per heavy atom. The first-order valence-electron chi connectivity index (χ1n) is 7.38. The third kappa shape index (κ3) is 4.20. The number of piperazine rings is 1. The summed E-state index contributed by atoms with van der Waals surface area (Å²) in [5.74, 6) is 0.101. The lowest BCUT2D eigenvalue weighted by atomic mass is 9.96. The zero-order valence-electron chi connectivity index (χ0n) is 12.9. The van der Waals surface area contributed by atoms with Crippen LogP contribution in [0.4, 0.5) is 13.2 Å². The first-order chi connectivity index (χ1) is 9.77. The third-order valence-corrected chi connectivity index (χ3v) is 4.10. The molecule has 0 N–H and O–H groups in total. The number of benzene rings is 1. The number of hydrogen-bond donors (Lipinski definition) is 0. The van der Waals surface area contributed by atoms with Crippen LogP contribution in [0.25, 0.3) is 0 Å². The van der Waals surface area contributed by atoms with Crippen LogP contribution in [-0.4, -0.2) is 43.0 Å². The van der Waals surface area contributed by atoms with Gasteiger partial charge in [-0.2, -0.15) is 13.2 Å². The van der Waals surface area contributed by atoms with E-state index < -0.39 is 11.7 Å². The van der Waals surface area contributed by atoms with E-state index in [2.05, 4.69) is 9.80 Å².